The molecule has 1 unspecified atom stereocenters. The molecule has 0 aliphatic heterocycles. The van der Waals surface area contributed by atoms with Crippen LogP contribution in [0.5, 0.6) is 0 Å². The second-order valence-electron chi connectivity index (χ2n) is 4.65. The molecule has 1 aromatic heterocycles. The van der Waals surface area contributed by atoms with E-state index in [-0.39, 0.29) is 11.8 Å². The van der Waals surface area contributed by atoms with Crippen LogP contribution in [0.3, 0.4) is 0 Å². The Morgan fingerprint density at radius 3 is 2.82 bits per heavy atom. The predicted octanol–water partition coefficient (Wildman–Crippen LogP) is -0.320. The van der Waals surface area contributed by atoms with Crippen molar-refractivity contribution in [2.45, 2.75) is 38.1 Å². The van der Waals surface area contributed by atoms with Crippen LogP contribution in [0.4, 0.5) is 0 Å². The standard InChI is InChI=1S/C10H18N6O/c1-7(6-11)8(17)12-10(4-2-3-5-10)9-13-15-16-14-9/h7H,2-6,11H2,1H3,(H,12,17)(H,13,14,15,16). The molecule has 94 valence electrons. The van der Waals surface area contributed by atoms with Gasteiger partial charge >= 0.3 is 0 Å². The van der Waals surface area contributed by atoms with Crippen LogP contribution < -0.4 is 11.1 Å². The molecule has 7 heteroatoms. The average molecular weight is 238 g/mol. The molecule has 2 rings (SSSR count). The van der Waals surface area contributed by atoms with Gasteiger partial charge in [-0.15, -0.1) is 10.2 Å². The van der Waals surface area contributed by atoms with E-state index >= 15 is 0 Å². The molecule has 0 radical (unpaired) electrons. The van der Waals surface area contributed by atoms with Crippen molar-refractivity contribution in [3.63, 3.8) is 0 Å². The molecule has 1 amide bonds. The van der Waals surface area contributed by atoms with Crippen LogP contribution in [0.25, 0.3) is 0 Å². The normalized spacial score (nSPS) is 20.1. The van der Waals surface area contributed by atoms with E-state index in [1.54, 1.807) is 0 Å². The number of tetrazole rings is 1. The van der Waals surface area contributed by atoms with Gasteiger partial charge < -0.3 is 11.1 Å². The van der Waals surface area contributed by atoms with Gasteiger partial charge in [0.15, 0.2) is 5.82 Å². The molecular formula is C10H18N6O. The zero-order chi connectivity index (χ0) is 12.3. The minimum Gasteiger partial charge on any atom is -0.343 e. The van der Waals surface area contributed by atoms with E-state index in [1.807, 2.05) is 6.92 Å². The lowest BCUT2D eigenvalue weighted by molar-refractivity contribution is -0.126. The molecule has 0 spiro atoms. The molecule has 0 saturated heterocycles. The molecule has 17 heavy (non-hydrogen) atoms. The molecule has 7 nitrogen and oxygen atoms in total. The lowest BCUT2D eigenvalue weighted by atomic mass is 9.95. The summed E-state index contributed by atoms with van der Waals surface area (Å²) in [5.74, 6) is 0.339. The predicted molar refractivity (Wildman–Crippen MR) is 60.7 cm³/mol. The van der Waals surface area contributed by atoms with Gasteiger partial charge in [0.2, 0.25) is 5.91 Å². The monoisotopic (exact) mass is 238 g/mol. The summed E-state index contributed by atoms with van der Waals surface area (Å²) < 4.78 is 0. The van der Waals surface area contributed by atoms with Crippen LogP contribution in [0.15, 0.2) is 0 Å². The smallest absolute Gasteiger partial charge is 0.224 e. The number of carbonyl (C=O) groups excluding carboxylic acids is 1. The Bertz CT molecular complexity index is 370. The van der Waals surface area contributed by atoms with E-state index < -0.39 is 5.54 Å². The largest absolute Gasteiger partial charge is 0.343 e. The Morgan fingerprint density at radius 1 is 1.59 bits per heavy atom. The van der Waals surface area contributed by atoms with E-state index in [9.17, 15) is 4.79 Å². The number of nitrogens with one attached hydrogen (secondary N) is 2. The van der Waals surface area contributed by atoms with Crippen LogP contribution in [-0.2, 0) is 10.3 Å². The van der Waals surface area contributed by atoms with Gasteiger partial charge in [-0.2, -0.15) is 5.21 Å². The van der Waals surface area contributed by atoms with Crippen molar-refractivity contribution < 1.29 is 4.79 Å². The Kier molecular flexibility index (Phi) is 3.37. The number of nitrogens with two attached hydrogens (primary N) is 1. The highest BCUT2D eigenvalue weighted by Crippen LogP contribution is 2.36. The fourth-order valence-electron chi connectivity index (χ4n) is 2.21. The third-order valence-electron chi connectivity index (χ3n) is 3.39. The van der Waals surface area contributed by atoms with E-state index in [0.29, 0.717) is 12.4 Å². The summed E-state index contributed by atoms with van der Waals surface area (Å²) >= 11 is 0. The van der Waals surface area contributed by atoms with Crippen LogP contribution in [0.2, 0.25) is 0 Å². The van der Waals surface area contributed by atoms with Gasteiger partial charge in [0.1, 0.15) is 5.54 Å². The van der Waals surface area contributed by atoms with Crippen LogP contribution in [0, 0.1) is 5.92 Å². The van der Waals surface area contributed by atoms with Gasteiger partial charge in [-0.3, -0.25) is 4.79 Å². The van der Waals surface area contributed by atoms with Crippen molar-refractivity contribution in [2.75, 3.05) is 6.54 Å². The number of aromatic nitrogens is 4. The maximum atomic E-state index is 12.0. The number of hydrogen-bond donors (Lipinski definition) is 3. The van der Waals surface area contributed by atoms with Crippen molar-refractivity contribution in [3.05, 3.63) is 5.82 Å². The molecule has 1 aliphatic rings. The van der Waals surface area contributed by atoms with Crippen molar-refractivity contribution in [1.29, 1.82) is 0 Å². The number of amides is 1. The Labute approximate surface area is 99.5 Å². The van der Waals surface area contributed by atoms with E-state index in [4.69, 9.17) is 5.73 Å². The Balaban J connectivity index is 2.16. The number of H-pyrrole nitrogens is 1. The molecular weight excluding hydrogens is 220 g/mol. The van der Waals surface area contributed by atoms with E-state index in [1.165, 1.54) is 0 Å². The van der Waals surface area contributed by atoms with Crippen LogP contribution in [0.1, 0.15) is 38.4 Å². The Morgan fingerprint density at radius 2 is 2.29 bits per heavy atom. The highest BCUT2D eigenvalue weighted by molar-refractivity contribution is 5.79. The van der Waals surface area contributed by atoms with E-state index in [2.05, 4.69) is 25.9 Å². The number of carbonyl (C=O) groups is 1. The van der Waals surface area contributed by atoms with Crippen LogP contribution >= 0.6 is 0 Å². The average Bonchev–Trinajstić information content (AvgIpc) is 2.98. The van der Waals surface area contributed by atoms with Crippen molar-refractivity contribution in [1.82, 2.24) is 25.9 Å². The first-order valence-electron chi connectivity index (χ1n) is 5.94. The minimum atomic E-state index is -0.451. The number of nitrogens with zero attached hydrogens (tertiary/aromatic N) is 3. The number of rotatable bonds is 4. The third kappa shape index (κ3) is 2.28. The first kappa shape index (κ1) is 12.0. The van der Waals surface area contributed by atoms with Gasteiger partial charge in [-0.05, 0) is 12.8 Å². The molecule has 1 aromatic rings. The molecule has 1 aliphatic carbocycles. The molecule has 0 bridgehead atoms. The second kappa shape index (κ2) is 4.79. The summed E-state index contributed by atoms with van der Waals surface area (Å²) in [6, 6.07) is 0. The number of aromatic amines is 1. The van der Waals surface area contributed by atoms with Crippen molar-refractivity contribution in [3.8, 4) is 0 Å². The molecule has 1 heterocycles. The first-order valence-corrected chi connectivity index (χ1v) is 5.94. The van der Waals surface area contributed by atoms with Crippen molar-refractivity contribution in [2.24, 2.45) is 11.7 Å². The molecule has 4 N–H and O–H groups in total. The molecule has 0 aromatic carbocycles. The molecule has 1 fully saturated rings. The minimum absolute atomic E-state index is 0.0424. The Hall–Kier alpha value is -1.50. The summed E-state index contributed by atoms with van der Waals surface area (Å²) in [7, 11) is 0. The molecule has 1 atom stereocenters. The van der Waals surface area contributed by atoms with Crippen molar-refractivity contribution >= 4 is 5.91 Å². The quantitative estimate of drug-likeness (QED) is 0.666. The summed E-state index contributed by atoms with van der Waals surface area (Å²) in [6.45, 7) is 2.16. The summed E-state index contributed by atoms with van der Waals surface area (Å²) in [4.78, 5) is 12.0. The fourth-order valence-corrected chi connectivity index (χ4v) is 2.21. The summed E-state index contributed by atoms with van der Waals surface area (Å²) in [6.07, 6.45) is 3.84. The molecule has 1 saturated carbocycles. The first-order chi connectivity index (χ1) is 8.18. The van der Waals surface area contributed by atoms with E-state index in [0.717, 1.165) is 25.7 Å². The van der Waals surface area contributed by atoms with Gasteiger partial charge in [-0.1, -0.05) is 25.0 Å². The summed E-state index contributed by atoms with van der Waals surface area (Å²) in [5.41, 5.74) is 5.05. The van der Waals surface area contributed by atoms with Gasteiger partial charge in [0, 0.05) is 12.5 Å². The zero-order valence-electron chi connectivity index (χ0n) is 9.94. The lowest BCUT2D eigenvalue weighted by Crippen LogP contribution is -2.47. The maximum Gasteiger partial charge on any atom is 0.224 e. The highest BCUT2D eigenvalue weighted by Gasteiger charge is 2.41. The SMILES string of the molecule is CC(CN)C(=O)NC1(c2nn[nH]n2)CCCC1. The van der Waals surface area contributed by atoms with Crippen LogP contribution in [-0.4, -0.2) is 33.1 Å². The topological polar surface area (TPSA) is 110 Å². The van der Waals surface area contributed by atoms with Gasteiger partial charge in [0.25, 0.3) is 0 Å². The lowest BCUT2D eigenvalue weighted by Gasteiger charge is -2.28. The summed E-state index contributed by atoms with van der Waals surface area (Å²) in [5, 5.41) is 17.1. The van der Waals surface area contributed by atoms with Gasteiger partial charge in [0.05, 0.1) is 0 Å². The van der Waals surface area contributed by atoms with Gasteiger partial charge in [-0.25, -0.2) is 0 Å². The zero-order valence-corrected chi connectivity index (χ0v) is 9.94. The third-order valence-corrected chi connectivity index (χ3v) is 3.39. The fraction of sp³-hybridized carbons (Fsp3) is 0.800. The number of hydrogen-bond acceptors (Lipinski definition) is 5. The highest BCUT2D eigenvalue weighted by atomic mass is 16.2. The maximum absolute atomic E-state index is 12.0. The second-order valence-corrected chi connectivity index (χ2v) is 4.65.